The number of aromatic nitrogens is 2. The molecule has 0 spiro atoms. The summed E-state index contributed by atoms with van der Waals surface area (Å²) >= 11 is 5.90. The van der Waals surface area contributed by atoms with Crippen LogP contribution >= 0.6 is 11.6 Å². The molecule has 1 aromatic heterocycles. The van der Waals surface area contributed by atoms with E-state index in [1.54, 1.807) is 18.9 Å². The number of carbonyl (C=O) groups excluding carboxylic acids is 1. The average Bonchev–Trinajstić information content (AvgIpc) is 2.92. The van der Waals surface area contributed by atoms with Crippen molar-refractivity contribution >= 4 is 23.2 Å². The van der Waals surface area contributed by atoms with Gasteiger partial charge in [0, 0.05) is 44.8 Å². The first-order valence-corrected chi connectivity index (χ1v) is 8.68. The molecule has 0 unspecified atom stereocenters. The van der Waals surface area contributed by atoms with Crippen LogP contribution in [0.3, 0.4) is 0 Å². The molecule has 9 heteroatoms. The molecule has 2 heterocycles. The fourth-order valence-electron chi connectivity index (χ4n) is 3.07. The first-order valence-electron chi connectivity index (χ1n) is 8.31. The van der Waals surface area contributed by atoms with Crippen LogP contribution in [0.4, 0.5) is 5.69 Å². The van der Waals surface area contributed by atoms with E-state index < -0.39 is 4.92 Å². The minimum atomic E-state index is -0.535. The van der Waals surface area contributed by atoms with Crippen LogP contribution in [-0.2, 0) is 13.6 Å². The third-order valence-corrected chi connectivity index (χ3v) is 4.92. The summed E-state index contributed by atoms with van der Waals surface area (Å²) < 4.78 is 1.38. The van der Waals surface area contributed by atoms with E-state index in [-0.39, 0.29) is 17.3 Å². The number of hydrogen-bond acceptors (Lipinski definition) is 5. The van der Waals surface area contributed by atoms with Crippen molar-refractivity contribution in [3.05, 3.63) is 56.4 Å². The fourth-order valence-corrected chi connectivity index (χ4v) is 3.19. The lowest BCUT2D eigenvalue weighted by atomic mass is 10.2. The van der Waals surface area contributed by atoms with Crippen molar-refractivity contribution in [3.8, 4) is 0 Å². The van der Waals surface area contributed by atoms with Gasteiger partial charge in [-0.15, -0.1) is 0 Å². The van der Waals surface area contributed by atoms with E-state index >= 15 is 0 Å². The van der Waals surface area contributed by atoms with E-state index in [9.17, 15) is 14.9 Å². The first kappa shape index (κ1) is 18.3. The van der Waals surface area contributed by atoms with Crippen LogP contribution in [0.5, 0.6) is 0 Å². The lowest BCUT2D eigenvalue weighted by Crippen LogP contribution is -2.48. The lowest BCUT2D eigenvalue weighted by molar-refractivity contribution is -0.385. The van der Waals surface area contributed by atoms with E-state index in [0.29, 0.717) is 36.9 Å². The number of halogens is 1. The van der Waals surface area contributed by atoms with Crippen molar-refractivity contribution in [1.82, 2.24) is 19.6 Å². The fraction of sp³-hybridized carbons (Fsp3) is 0.412. The van der Waals surface area contributed by atoms with Gasteiger partial charge in [0.05, 0.1) is 4.92 Å². The Morgan fingerprint density at radius 2 is 1.85 bits per heavy atom. The molecule has 1 aliphatic rings. The number of carbonyl (C=O) groups is 1. The standard InChI is InChI=1S/C17H20ClN5O3/c1-12-16(23(25)26)15(19-20(12)2)17(24)22-9-7-21(8-10-22)11-13-3-5-14(18)6-4-13/h3-6H,7-11H2,1-2H3. The zero-order chi connectivity index (χ0) is 18.8. The van der Waals surface area contributed by atoms with Crippen LogP contribution in [-0.4, -0.2) is 56.6 Å². The molecular weight excluding hydrogens is 358 g/mol. The smallest absolute Gasteiger partial charge is 0.322 e. The maximum atomic E-state index is 12.7. The van der Waals surface area contributed by atoms with Gasteiger partial charge in [0.1, 0.15) is 5.69 Å². The third-order valence-electron chi connectivity index (χ3n) is 4.67. The summed E-state index contributed by atoms with van der Waals surface area (Å²) in [6.45, 7) is 4.80. The Hall–Kier alpha value is -2.45. The van der Waals surface area contributed by atoms with Gasteiger partial charge in [0.2, 0.25) is 5.69 Å². The number of nitrogens with zero attached hydrogens (tertiary/aromatic N) is 5. The van der Waals surface area contributed by atoms with Crippen molar-refractivity contribution in [2.75, 3.05) is 26.2 Å². The van der Waals surface area contributed by atoms with Crippen molar-refractivity contribution in [2.24, 2.45) is 7.05 Å². The molecule has 1 saturated heterocycles. The molecule has 2 aromatic rings. The molecule has 0 atom stereocenters. The summed E-state index contributed by atoms with van der Waals surface area (Å²) in [5, 5.41) is 16.1. The predicted molar refractivity (Wildman–Crippen MR) is 97.2 cm³/mol. The third kappa shape index (κ3) is 3.71. The second kappa shape index (κ2) is 7.43. The molecule has 3 rings (SSSR count). The Balaban J connectivity index is 1.65. The minimum absolute atomic E-state index is 0.0823. The van der Waals surface area contributed by atoms with Crippen molar-refractivity contribution in [1.29, 1.82) is 0 Å². The molecule has 0 saturated carbocycles. The number of nitro groups is 1. The highest BCUT2D eigenvalue weighted by molar-refractivity contribution is 6.30. The van der Waals surface area contributed by atoms with Crippen LogP contribution in [0.15, 0.2) is 24.3 Å². The van der Waals surface area contributed by atoms with E-state index in [2.05, 4.69) is 10.00 Å². The Morgan fingerprint density at radius 3 is 2.42 bits per heavy atom. The monoisotopic (exact) mass is 377 g/mol. The normalized spacial score (nSPS) is 15.3. The van der Waals surface area contributed by atoms with Gasteiger partial charge in [0.15, 0.2) is 0 Å². The molecule has 1 amide bonds. The molecule has 0 N–H and O–H groups in total. The maximum absolute atomic E-state index is 12.7. The molecule has 138 valence electrons. The Bertz CT molecular complexity index is 826. The molecule has 8 nitrogen and oxygen atoms in total. The van der Waals surface area contributed by atoms with E-state index in [4.69, 9.17) is 11.6 Å². The predicted octanol–water partition coefficient (Wildman–Crippen LogP) is 2.25. The molecule has 0 radical (unpaired) electrons. The molecule has 1 aliphatic heterocycles. The van der Waals surface area contributed by atoms with Crippen molar-refractivity contribution in [3.63, 3.8) is 0 Å². The highest BCUT2D eigenvalue weighted by atomic mass is 35.5. The Morgan fingerprint density at radius 1 is 1.23 bits per heavy atom. The van der Waals surface area contributed by atoms with E-state index in [0.717, 1.165) is 12.1 Å². The SMILES string of the molecule is Cc1c([N+](=O)[O-])c(C(=O)N2CCN(Cc3ccc(Cl)cc3)CC2)nn1C. The topological polar surface area (TPSA) is 84.5 Å². The molecule has 1 fully saturated rings. The summed E-state index contributed by atoms with van der Waals surface area (Å²) in [5.41, 5.74) is 1.24. The number of benzene rings is 1. The van der Waals surface area contributed by atoms with Crippen LogP contribution in [0.25, 0.3) is 0 Å². The highest BCUT2D eigenvalue weighted by Gasteiger charge is 2.33. The summed E-state index contributed by atoms with van der Waals surface area (Å²) in [6, 6.07) is 7.69. The van der Waals surface area contributed by atoms with Gasteiger partial charge in [-0.05, 0) is 24.6 Å². The van der Waals surface area contributed by atoms with Gasteiger partial charge in [-0.25, -0.2) is 0 Å². The number of rotatable bonds is 4. The van der Waals surface area contributed by atoms with Gasteiger partial charge in [0.25, 0.3) is 5.91 Å². The number of piperazine rings is 1. The average molecular weight is 378 g/mol. The van der Waals surface area contributed by atoms with Crippen molar-refractivity contribution in [2.45, 2.75) is 13.5 Å². The summed E-state index contributed by atoms with van der Waals surface area (Å²) in [4.78, 5) is 27.3. The van der Waals surface area contributed by atoms with Gasteiger partial charge in [-0.3, -0.25) is 24.5 Å². The van der Waals surface area contributed by atoms with Crippen LogP contribution in [0.2, 0.25) is 5.02 Å². The Labute approximate surface area is 156 Å². The van der Waals surface area contributed by atoms with Crippen LogP contribution < -0.4 is 0 Å². The Kier molecular flexibility index (Phi) is 5.24. The van der Waals surface area contributed by atoms with Gasteiger partial charge in [-0.2, -0.15) is 5.10 Å². The van der Waals surface area contributed by atoms with E-state index in [1.807, 2.05) is 24.3 Å². The van der Waals surface area contributed by atoms with Crippen LogP contribution in [0.1, 0.15) is 21.7 Å². The second-order valence-corrected chi connectivity index (χ2v) is 6.79. The molecule has 26 heavy (non-hydrogen) atoms. The molecular formula is C17H20ClN5O3. The van der Waals surface area contributed by atoms with Gasteiger partial charge in [-0.1, -0.05) is 23.7 Å². The number of amides is 1. The molecule has 1 aromatic carbocycles. The maximum Gasteiger partial charge on any atom is 0.322 e. The summed E-state index contributed by atoms with van der Waals surface area (Å²) in [6.07, 6.45) is 0. The summed E-state index contributed by atoms with van der Waals surface area (Å²) in [5.74, 6) is -0.383. The lowest BCUT2D eigenvalue weighted by Gasteiger charge is -2.34. The quantitative estimate of drug-likeness (QED) is 0.602. The molecule has 0 bridgehead atoms. The zero-order valence-corrected chi connectivity index (χ0v) is 15.4. The van der Waals surface area contributed by atoms with Crippen LogP contribution in [0, 0.1) is 17.0 Å². The number of hydrogen-bond donors (Lipinski definition) is 0. The summed E-state index contributed by atoms with van der Waals surface area (Å²) in [7, 11) is 1.60. The van der Waals surface area contributed by atoms with E-state index in [1.165, 1.54) is 4.68 Å². The van der Waals surface area contributed by atoms with Gasteiger partial charge < -0.3 is 4.90 Å². The van der Waals surface area contributed by atoms with Crippen molar-refractivity contribution < 1.29 is 9.72 Å². The number of aryl methyl sites for hydroxylation is 1. The minimum Gasteiger partial charge on any atom is -0.334 e. The molecule has 0 aliphatic carbocycles. The zero-order valence-electron chi connectivity index (χ0n) is 14.7. The highest BCUT2D eigenvalue weighted by Crippen LogP contribution is 2.24. The second-order valence-electron chi connectivity index (χ2n) is 6.36. The first-order chi connectivity index (χ1) is 12.4. The largest absolute Gasteiger partial charge is 0.334 e. The van der Waals surface area contributed by atoms with Gasteiger partial charge >= 0.3 is 5.69 Å².